The number of hydrogen-bond acceptors (Lipinski definition) is 8. The second kappa shape index (κ2) is 7.41. The summed E-state index contributed by atoms with van der Waals surface area (Å²) >= 11 is 0. The van der Waals surface area contributed by atoms with Crippen molar-refractivity contribution in [3.8, 4) is 6.01 Å². The Hall–Kier alpha value is -2.38. The molecule has 2 N–H and O–H groups in total. The minimum Gasteiger partial charge on any atom is -0.467 e. The van der Waals surface area contributed by atoms with Crippen LogP contribution in [0.4, 0.5) is 11.9 Å². The Morgan fingerprint density at radius 2 is 1.90 bits per heavy atom. The molecule has 0 aromatic carbocycles. The molecule has 0 aliphatic heterocycles. The van der Waals surface area contributed by atoms with E-state index in [1.54, 1.807) is 6.20 Å². The summed E-state index contributed by atoms with van der Waals surface area (Å²) < 4.78 is 10.6. The number of nitrogens with zero attached hydrogens (tertiary/aromatic N) is 4. The number of anilines is 2. The van der Waals surface area contributed by atoms with Crippen LogP contribution in [0.5, 0.6) is 6.01 Å². The van der Waals surface area contributed by atoms with Gasteiger partial charge in [-0.25, -0.2) is 4.98 Å². The molecule has 0 amide bonds. The van der Waals surface area contributed by atoms with Crippen LogP contribution in [0.2, 0.25) is 0 Å². The van der Waals surface area contributed by atoms with Crippen LogP contribution in [0.15, 0.2) is 10.6 Å². The van der Waals surface area contributed by atoms with Crippen LogP contribution in [-0.4, -0.2) is 33.6 Å². The molecule has 0 aliphatic carbocycles. The van der Waals surface area contributed by atoms with Gasteiger partial charge >= 0.3 is 6.01 Å². The summed E-state index contributed by atoms with van der Waals surface area (Å²) in [7, 11) is 1.52. The Morgan fingerprint density at radius 1 is 1.14 bits per heavy atom. The number of aryl methyl sites for hydroxylation is 1. The summed E-state index contributed by atoms with van der Waals surface area (Å²) in [6.45, 7) is 5.27. The van der Waals surface area contributed by atoms with Crippen LogP contribution in [0, 0.1) is 0 Å². The molecule has 114 valence electrons. The first-order valence-electron chi connectivity index (χ1n) is 6.96. The van der Waals surface area contributed by atoms with Gasteiger partial charge in [0.25, 0.3) is 0 Å². The van der Waals surface area contributed by atoms with Gasteiger partial charge in [-0.3, -0.25) is 0 Å². The highest BCUT2D eigenvalue weighted by molar-refractivity contribution is 5.35. The molecule has 0 aliphatic rings. The number of nitrogens with one attached hydrogen (secondary N) is 2. The molecule has 0 radical (unpaired) electrons. The lowest BCUT2D eigenvalue weighted by Gasteiger charge is -2.08. The fourth-order valence-electron chi connectivity index (χ4n) is 1.59. The van der Waals surface area contributed by atoms with E-state index >= 15 is 0 Å². The number of aromatic nitrogens is 4. The molecule has 2 aromatic rings. The highest BCUT2D eigenvalue weighted by Gasteiger charge is 2.08. The van der Waals surface area contributed by atoms with Gasteiger partial charge in [0.1, 0.15) is 5.76 Å². The van der Waals surface area contributed by atoms with Crippen molar-refractivity contribution in [3.05, 3.63) is 17.8 Å². The summed E-state index contributed by atoms with van der Waals surface area (Å²) in [5, 5.41) is 6.15. The van der Waals surface area contributed by atoms with Crippen LogP contribution < -0.4 is 15.4 Å². The second-order valence-corrected chi connectivity index (χ2v) is 4.32. The van der Waals surface area contributed by atoms with Gasteiger partial charge in [-0.2, -0.15) is 15.0 Å². The van der Waals surface area contributed by atoms with E-state index in [0.717, 1.165) is 25.1 Å². The number of rotatable bonds is 8. The standard InChI is InChI=1S/C13H20N6O2/c1-4-6-14-11-17-12(19-13(18-11)20-3)16-8-10-15-7-9(5-2)21-10/h7H,4-6,8H2,1-3H3,(H2,14,16,17,18,19). The lowest BCUT2D eigenvalue weighted by molar-refractivity contribution is 0.379. The maximum absolute atomic E-state index is 5.51. The average Bonchev–Trinajstić information content (AvgIpc) is 2.98. The smallest absolute Gasteiger partial charge is 0.322 e. The number of hydrogen-bond donors (Lipinski definition) is 2. The van der Waals surface area contributed by atoms with Crippen LogP contribution in [-0.2, 0) is 13.0 Å². The Morgan fingerprint density at radius 3 is 2.52 bits per heavy atom. The molecule has 0 saturated heterocycles. The van der Waals surface area contributed by atoms with E-state index in [2.05, 4.69) is 37.5 Å². The van der Waals surface area contributed by atoms with Gasteiger partial charge < -0.3 is 19.8 Å². The molecule has 0 spiro atoms. The Balaban J connectivity index is 2.03. The van der Waals surface area contributed by atoms with Gasteiger partial charge in [0.15, 0.2) is 0 Å². The van der Waals surface area contributed by atoms with Gasteiger partial charge in [0.2, 0.25) is 17.8 Å². The van der Waals surface area contributed by atoms with E-state index in [0.29, 0.717) is 24.3 Å². The summed E-state index contributed by atoms with van der Waals surface area (Å²) in [6.07, 6.45) is 3.52. The van der Waals surface area contributed by atoms with Crippen LogP contribution in [0.1, 0.15) is 31.9 Å². The maximum Gasteiger partial charge on any atom is 0.322 e. The summed E-state index contributed by atoms with van der Waals surface area (Å²) in [5.41, 5.74) is 0. The predicted octanol–water partition coefficient (Wildman–Crippen LogP) is 1.86. The maximum atomic E-state index is 5.51. The molecule has 21 heavy (non-hydrogen) atoms. The van der Waals surface area contributed by atoms with Gasteiger partial charge in [-0.15, -0.1) is 0 Å². The molecule has 8 heteroatoms. The molecule has 0 atom stereocenters. The highest BCUT2D eigenvalue weighted by Crippen LogP contribution is 2.12. The van der Waals surface area contributed by atoms with E-state index < -0.39 is 0 Å². The van der Waals surface area contributed by atoms with Crippen LogP contribution in [0.25, 0.3) is 0 Å². The minimum atomic E-state index is 0.257. The molecule has 2 heterocycles. The fraction of sp³-hybridized carbons (Fsp3) is 0.538. The average molecular weight is 292 g/mol. The Bertz CT molecular complexity index is 572. The van der Waals surface area contributed by atoms with Gasteiger partial charge in [0, 0.05) is 13.0 Å². The molecule has 0 saturated carbocycles. The van der Waals surface area contributed by atoms with Crippen molar-refractivity contribution in [2.75, 3.05) is 24.3 Å². The van der Waals surface area contributed by atoms with Crippen molar-refractivity contribution < 1.29 is 9.15 Å². The summed E-state index contributed by atoms with van der Waals surface area (Å²) in [6, 6.07) is 0.257. The first-order valence-corrected chi connectivity index (χ1v) is 6.96. The third kappa shape index (κ3) is 4.30. The quantitative estimate of drug-likeness (QED) is 0.761. The van der Waals surface area contributed by atoms with E-state index in [9.17, 15) is 0 Å². The number of ether oxygens (including phenoxy) is 1. The molecular formula is C13H20N6O2. The van der Waals surface area contributed by atoms with Crippen molar-refractivity contribution in [3.63, 3.8) is 0 Å². The fourth-order valence-corrected chi connectivity index (χ4v) is 1.59. The lowest BCUT2D eigenvalue weighted by Crippen LogP contribution is -2.10. The first kappa shape index (κ1) is 15.0. The summed E-state index contributed by atoms with van der Waals surface area (Å²) in [5.74, 6) is 2.34. The van der Waals surface area contributed by atoms with Crippen LogP contribution in [0.3, 0.4) is 0 Å². The zero-order valence-corrected chi connectivity index (χ0v) is 12.5. The van der Waals surface area contributed by atoms with Crippen molar-refractivity contribution in [1.82, 2.24) is 19.9 Å². The first-order chi connectivity index (χ1) is 10.2. The monoisotopic (exact) mass is 292 g/mol. The SMILES string of the molecule is CCCNc1nc(NCc2ncc(CC)o2)nc(OC)n1. The molecular weight excluding hydrogens is 272 g/mol. The Labute approximate surface area is 123 Å². The van der Waals surface area contributed by atoms with Gasteiger partial charge in [-0.05, 0) is 6.42 Å². The summed E-state index contributed by atoms with van der Waals surface area (Å²) in [4.78, 5) is 16.7. The van der Waals surface area contributed by atoms with Crippen molar-refractivity contribution >= 4 is 11.9 Å². The number of oxazole rings is 1. The highest BCUT2D eigenvalue weighted by atomic mass is 16.5. The van der Waals surface area contributed by atoms with Gasteiger partial charge in [0.05, 0.1) is 19.9 Å². The topological polar surface area (TPSA) is 98.0 Å². The van der Waals surface area contributed by atoms with E-state index in [-0.39, 0.29) is 6.01 Å². The van der Waals surface area contributed by atoms with Gasteiger partial charge in [-0.1, -0.05) is 13.8 Å². The minimum absolute atomic E-state index is 0.257. The van der Waals surface area contributed by atoms with Crippen molar-refractivity contribution in [2.24, 2.45) is 0 Å². The Kier molecular flexibility index (Phi) is 5.30. The zero-order chi connectivity index (χ0) is 15.1. The third-order valence-electron chi connectivity index (χ3n) is 2.68. The van der Waals surface area contributed by atoms with E-state index in [4.69, 9.17) is 9.15 Å². The zero-order valence-electron chi connectivity index (χ0n) is 12.5. The molecule has 2 aromatic heterocycles. The largest absolute Gasteiger partial charge is 0.467 e. The van der Waals surface area contributed by atoms with E-state index in [1.807, 2.05) is 6.92 Å². The lowest BCUT2D eigenvalue weighted by atomic mass is 10.4. The van der Waals surface area contributed by atoms with Crippen molar-refractivity contribution in [2.45, 2.75) is 33.2 Å². The van der Waals surface area contributed by atoms with Crippen LogP contribution >= 0.6 is 0 Å². The normalized spacial score (nSPS) is 10.4. The molecule has 2 rings (SSSR count). The molecule has 0 fully saturated rings. The predicted molar refractivity (Wildman–Crippen MR) is 78.4 cm³/mol. The molecule has 8 nitrogen and oxygen atoms in total. The molecule has 0 bridgehead atoms. The van der Waals surface area contributed by atoms with Crippen molar-refractivity contribution in [1.29, 1.82) is 0 Å². The third-order valence-corrected chi connectivity index (χ3v) is 2.68. The number of methoxy groups -OCH3 is 1. The second-order valence-electron chi connectivity index (χ2n) is 4.32. The molecule has 0 unspecified atom stereocenters. The van der Waals surface area contributed by atoms with E-state index in [1.165, 1.54) is 7.11 Å².